The van der Waals surface area contributed by atoms with Crippen molar-refractivity contribution in [3.05, 3.63) is 36.0 Å². The largest absolute Gasteiger partial charge is 0.478 e. The molecule has 2 atom stereocenters. The van der Waals surface area contributed by atoms with E-state index in [1.807, 2.05) is 20.1 Å². The molecule has 0 saturated carbocycles. The van der Waals surface area contributed by atoms with Crippen LogP contribution in [0.25, 0.3) is 0 Å². The Balaban J connectivity index is 1.87. The maximum atomic E-state index is 13.4. The zero-order chi connectivity index (χ0) is 22.8. The molecule has 1 unspecified atom stereocenters. The molecule has 1 aliphatic rings. The summed E-state index contributed by atoms with van der Waals surface area (Å²) in [7, 11) is 0. The molecule has 0 spiro atoms. The minimum absolute atomic E-state index is 0.0691. The number of hydrogen-bond acceptors (Lipinski definition) is 7. The molecule has 2 aromatic rings. The number of carboxylic acid groups (broad SMARTS) is 1. The number of anilines is 3. The number of aromatic nitrogens is 2. The number of benzene rings is 1. The summed E-state index contributed by atoms with van der Waals surface area (Å²) in [6.45, 7) is 6.28. The molecule has 164 valence electrons. The third kappa shape index (κ3) is 4.14. The summed E-state index contributed by atoms with van der Waals surface area (Å²) >= 11 is 1.34. The fourth-order valence-corrected chi connectivity index (χ4v) is 4.73. The van der Waals surface area contributed by atoms with Crippen molar-refractivity contribution in [2.24, 2.45) is 11.3 Å². The molecular weight excluding hydrogens is 414 g/mol. The lowest BCUT2D eigenvalue weighted by atomic mass is 9.70. The van der Waals surface area contributed by atoms with Crippen molar-refractivity contribution in [2.45, 2.75) is 38.5 Å². The second-order valence-electron chi connectivity index (χ2n) is 7.70. The van der Waals surface area contributed by atoms with Gasteiger partial charge in [-0.25, -0.2) is 9.78 Å². The highest BCUT2D eigenvalue weighted by molar-refractivity contribution is 7.98. The van der Waals surface area contributed by atoms with Crippen molar-refractivity contribution in [1.82, 2.24) is 9.97 Å². The Hall–Kier alpha value is -2.94. The van der Waals surface area contributed by atoms with Gasteiger partial charge >= 0.3 is 5.97 Å². The Labute approximate surface area is 186 Å². The summed E-state index contributed by atoms with van der Waals surface area (Å²) in [5.74, 6) is -0.198. The number of thioether (sulfide) groups is 1. The summed E-state index contributed by atoms with van der Waals surface area (Å²) in [5.41, 5.74) is 0.500. The van der Waals surface area contributed by atoms with E-state index >= 15 is 0 Å². The Bertz CT molecular complexity index is 1030. The first kappa shape index (κ1) is 22.7. The van der Waals surface area contributed by atoms with Crippen LogP contribution >= 0.6 is 11.8 Å². The van der Waals surface area contributed by atoms with E-state index in [4.69, 9.17) is 5.41 Å². The van der Waals surface area contributed by atoms with Crippen molar-refractivity contribution >= 4 is 46.8 Å². The average Bonchev–Trinajstić information content (AvgIpc) is 3.11. The van der Waals surface area contributed by atoms with Gasteiger partial charge < -0.3 is 15.8 Å². The second kappa shape index (κ2) is 9.05. The van der Waals surface area contributed by atoms with Crippen molar-refractivity contribution in [2.75, 3.05) is 23.0 Å². The van der Waals surface area contributed by atoms with E-state index in [1.54, 1.807) is 36.2 Å². The maximum Gasteiger partial charge on any atom is 0.336 e. The van der Waals surface area contributed by atoms with E-state index in [0.29, 0.717) is 41.0 Å². The summed E-state index contributed by atoms with van der Waals surface area (Å²) in [5, 5.41) is 20.7. The van der Waals surface area contributed by atoms with Crippen molar-refractivity contribution in [3.63, 3.8) is 0 Å². The van der Waals surface area contributed by atoms with E-state index in [1.165, 1.54) is 17.8 Å². The van der Waals surface area contributed by atoms with Crippen LogP contribution in [0.4, 0.5) is 17.5 Å². The molecule has 3 rings (SSSR count). The van der Waals surface area contributed by atoms with Gasteiger partial charge in [-0.1, -0.05) is 20.3 Å². The van der Waals surface area contributed by atoms with Crippen LogP contribution in [0.1, 0.15) is 44.0 Å². The van der Waals surface area contributed by atoms with Crippen LogP contribution in [0.15, 0.2) is 35.4 Å². The molecular formula is C22H27N5O3S. The highest BCUT2D eigenvalue weighted by Crippen LogP contribution is 2.43. The quantitative estimate of drug-likeness (QED) is 0.409. The third-order valence-corrected chi connectivity index (χ3v) is 6.86. The summed E-state index contributed by atoms with van der Waals surface area (Å²) in [6, 6.07) is 6.62. The number of carboxylic acids is 1. The van der Waals surface area contributed by atoms with Crippen LogP contribution in [0.2, 0.25) is 0 Å². The Kier molecular flexibility index (Phi) is 6.64. The topological polar surface area (TPSA) is 119 Å². The molecule has 9 heteroatoms. The summed E-state index contributed by atoms with van der Waals surface area (Å²) in [4.78, 5) is 35.7. The lowest BCUT2D eigenvalue weighted by Crippen LogP contribution is -2.44. The van der Waals surface area contributed by atoms with Gasteiger partial charge in [-0.15, -0.1) is 11.8 Å². The number of nitrogens with one attached hydrogen (secondary N) is 2. The number of carbonyl (C=O) groups excluding carboxylic acids is 1. The lowest BCUT2D eigenvalue weighted by molar-refractivity contribution is -0.124. The number of aromatic carboxylic acids is 1. The number of amides is 1. The molecule has 3 N–H and O–H groups in total. The number of hydrogen-bond donors (Lipinski definition) is 3. The van der Waals surface area contributed by atoms with E-state index in [2.05, 4.69) is 15.3 Å². The monoisotopic (exact) mass is 441 g/mol. The molecule has 1 aliphatic heterocycles. The van der Waals surface area contributed by atoms with E-state index in [0.717, 1.165) is 6.42 Å². The standard InChI is InChI=1S/C22H27N5O3S/c1-5-13(2)22(14(3)23)9-11-27(20(22)30)18-8-10-24-21(26-18)25-15-6-7-16(19(28)29)17(12-15)31-4/h6-8,10,12-13,23H,5,9,11H2,1-4H3,(H,28,29)(H,24,25,26)/t13?,22-/m0/s1. The highest BCUT2D eigenvalue weighted by atomic mass is 32.2. The van der Waals surface area contributed by atoms with Crippen LogP contribution in [0.5, 0.6) is 0 Å². The maximum absolute atomic E-state index is 13.4. The van der Waals surface area contributed by atoms with Crippen LogP contribution < -0.4 is 10.2 Å². The molecule has 31 heavy (non-hydrogen) atoms. The minimum Gasteiger partial charge on any atom is -0.478 e. The smallest absolute Gasteiger partial charge is 0.336 e. The van der Waals surface area contributed by atoms with Gasteiger partial charge in [-0.3, -0.25) is 9.69 Å². The van der Waals surface area contributed by atoms with E-state index in [9.17, 15) is 14.7 Å². The molecule has 1 aromatic heterocycles. The molecule has 0 bridgehead atoms. The SMILES string of the molecule is CCC(C)[C@]1(C(C)=N)CCN(c2ccnc(Nc3ccc(C(=O)O)c(SC)c3)n2)C1=O. The predicted octanol–water partition coefficient (Wildman–Crippen LogP) is 4.45. The van der Waals surface area contributed by atoms with Gasteiger partial charge in [0.2, 0.25) is 11.9 Å². The van der Waals surface area contributed by atoms with E-state index < -0.39 is 11.4 Å². The number of rotatable bonds is 8. The number of nitrogens with zero attached hydrogens (tertiary/aromatic N) is 3. The average molecular weight is 442 g/mol. The van der Waals surface area contributed by atoms with Crippen LogP contribution in [0.3, 0.4) is 0 Å². The summed E-state index contributed by atoms with van der Waals surface area (Å²) in [6.07, 6.45) is 4.81. The van der Waals surface area contributed by atoms with E-state index in [-0.39, 0.29) is 17.4 Å². The fourth-order valence-electron chi connectivity index (χ4n) is 4.11. The normalized spacial score (nSPS) is 19.4. The van der Waals surface area contributed by atoms with Gasteiger partial charge in [0, 0.05) is 29.0 Å². The van der Waals surface area contributed by atoms with Crippen molar-refractivity contribution in [1.29, 1.82) is 5.41 Å². The molecule has 8 nitrogen and oxygen atoms in total. The number of carbonyl (C=O) groups is 2. The molecule has 1 aromatic carbocycles. The molecule has 1 amide bonds. The van der Waals surface area contributed by atoms with Gasteiger partial charge in [-0.2, -0.15) is 4.98 Å². The zero-order valence-corrected chi connectivity index (χ0v) is 18.9. The van der Waals surface area contributed by atoms with Crippen LogP contribution in [-0.4, -0.2) is 45.5 Å². The Morgan fingerprint density at radius 1 is 1.42 bits per heavy atom. The second-order valence-corrected chi connectivity index (χ2v) is 8.54. The lowest BCUT2D eigenvalue weighted by Gasteiger charge is -2.32. The molecule has 2 heterocycles. The predicted molar refractivity (Wildman–Crippen MR) is 123 cm³/mol. The van der Waals surface area contributed by atoms with Crippen LogP contribution in [-0.2, 0) is 4.79 Å². The highest BCUT2D eigenvalue weighted by Gasteiger charge is 2.52. The first-order chi connectivity index (χ1) is 14.7. The first-order valence-corrected chi connectivity index (χ1v) is 11.4. The van der Waals surface area contributed by atoms with Crippen LogP contribution in [0, 0.1) is 16.7 Å². The van der Waals surface area contributed by atoms with Crippen molar-refractivity contribution < 1.29 is 14.7 Å². The molecule has 1 fully saturated rings. The fraction of sp³-hybridized carbons (Fsp3) is 0.409. The zero-order valence-electron chi connectivity index (χ0n) is 18.1. The van der Waals surface area contributed by atoms with Gasteiger partial charge in [0.05, 0.1) is 11.0 Å². The van der Waals surface area contributed by atoms with Gasteiger partial charge in [0.1, 0.15) is 5.82 Å². The van der Waals surface area contributed by atoms with Gasteiger partial charge in [0.25, 0.3) is 0 Å². The Morgan fingerprint density at radius 2 is 2.16 bits per heavy atom. The molecule has 0 radical (unpaired) electrons. The third-order valence-electron chi connectivity index (χ3n) is 6.08. The van der Waals surface area contributed by atoms with Gasteiger partial charge in [-0.05, 0) is 49.8 Å². The first-order valence-electron chi connectivity index (χ1n) is 10.1. The molecule has 0 aliphatic carbocycles. The molecule has 1 saturated heterocycles. The minimum atomic E-state index is -0.979. The van der Waals surface area contributed by atoms with Gasteiger partial charge in [0.15, 0.2) is 0 Å². The summed E-state index contributed by atoms with van der Waals surface area (Å²) < 4.78 is 0. The van der Waals surface area contributed by atoms with Crippen molar-refractivity contribution in [3.8, 4) is 0 Å². The Morgan fingerprint density at radius 3 is 2.77 bits per heavy atom.